The molecular formula is C17H26N2O. The van der Waals surface area contributed by atoms with Crippen molar-refractivity contribution in [2.24, 2.45) is 0 Å². The average Bonchev–Trinajstić information content (AvgIpc) is 2.44. The van der Waals surface area contributed by atoms with Gasteiger partial charge in [0.15, 0.2) is 0 Å². The maximum atomic E-state index is 12.6. The van der Waals surface area contributed by atoms with Gasteiger partial charge in [-0.05, 0) is 57.3 Å². The quantitative estimate of drug-likeness (QED) is 0.854. The summed E-state index contributed by atoms with van der Waals surface area (Å²) in [5, 5.41) is 3.16. The lowest BCUT2D eigenvalue weighted by Gasteiger charge is -2.34. The molecule has 0 spiro atoms. The summed E-state index contributed by atoms with van der Waals surface area (Å²) in [7, 11) is 0. The highest BCUT2D eigenvalue weighted by Gasteiger charge is 2.28. The van der Waals surface area contributed by atoms with Gasteiger partial charge in [-0.2, -0.15) is 0 Å². The molecule has 2 rings (SSSR count). The number of aryl methyl sites for hydroxylation is 2. The van der Waals surface area contributed by atoms with Gasteiger partial charge in [0.1, 0.15) is 0 Å². The van der Waals surface area contributed by atoms with Crippen LogP contribution in [0, 0.1) is 13.8 Å². The van der Waals surface area contributed by atoms with Gasteiger partial charge in [0.25, 0.3) is 0 Å². The predicted molar refractivity (Wildman–Crippen MR) is 84.0 cm³/mol. The Bertz CT molecular complexity index is 448. The molecular weight excluding hydrogens is 251 g/mol. The number of para-hydroxylation sites is 1. The lowest BCUT2D eigenvalue weighted by Crippen LogP contribution is -2.47. The second-order valence-corrected chi connectivity index (χ2v) is 5.80. The van der Waals surface area contributed by atoms with Crippen molar-refractivity contribution in [1.29, 1.82) is 0 Å². The number of hydrogen-bond donors (Lipinski definition) is 1. The van der Waals surface area contributed by atoms with Gasteiger partial charge in [-0.15, -0.1) is 0 Å². The SMILES string of the molecule is Cc1cccc(C)c1NC(=O)C1CCCCN1[13CH2][13CH2][13CH3]. The Hall–Kier alpha value is -1.35. The van der Waals surface area contributed by atoms with Crippen molar-refractivity contribution < 1.29 is 4.79 Å². The molecule has 1 aliphatic heterocycles. The third kappa shape index (κ3) is 3.40. The number of nitrogens with one attached hydrogen (secondary N) is 1. The molecule has 1 N–H and O–H groups in total. The first-order valence-corrected chi connectivity index (χ1v) is 7.74. The van der Waals surface area contributed by atoms with Crippen LogP contribution in [-0.2, 0) is 4.79 Å². The number of likely N-dealkylation sites (tertiary alicyclic amines) is 1. The highest BCUT2D eigenvalue weighted by molar-refractivity contribution is 5.96. The molecule has 0 bridgehead atoms. The number of benzene rings is 1. The molecule has 0 aromatic heterocycles. The number of rotatable bonds is 4. The van der Waals surface area contributed by atoms with Crippen molar-refractivity contribution in [2.45, 2.75) is 52.5 Å². The minimum absolute atomic E-state index is 0.0442. The Kier molecular flexibility index (Phi) is 5.18. The second-order valence-electron chi connectivity index (χ2n) is 5.80. The Morgan fingerprint density at radius 1 is 1.30 bits per heavy atom. The van der Waals surface area contributed by atoms with Gasteiger partial charge in [-0.25, -0.2) is 0 Å². The third-order valence-corrected chi connectivity index (χ3v) is 4.16. The minimum atomic E-state index is 0.0442. The van der Waals surface area contributed by atoms with Crippen LogP contribution in [0.3, 0.4) is 0 Å². The summed E-state index contributed by atoms with van der Waals surface area (Å²) < 4.78 is 0. The molecule has 1 saturated heterocycles. The molecule has 0 aliphatic carbocycles. The van der Waals surface area contributed by atoms with E-state index in [1.165, 1.54) is 6.42 Å². The van der Waals surface area contributed by atoms with E-state index >= 15 is 0 Å². The zero-order valence-electron chi connectivity index (χ0n) is 12.9. The molecule has 1 atom stereocenters. The van der Waals surface area contributed by atoms with Crippen LogP contribution in [0.15, 0.2) is 18.2 Å². The highest BCUT2D eigenvalue weighted by atomic mass is 16.2. The lowest BCUT2D eigenvalue weighted by atomic mass is 10.0. The van der Waals surface area contributed by atoms with E-state index < -0.39 is 0 Å². The van der Waals surface area contributed by atoms with E-state index in [1.54, 1.807) is 0 Å². The van der Waals surface area contributed by atoms with Gasteiger partial charge < -0.3 is 5.32 Å². The molecule has 1 aliphatic rings. The topological polar surface area (TPSA) is 32.3 Å². The highest BCUT2D eigenvalue weighted by Crippen LogP contribution is 2.23. The van der Waals surface area contributed by atoms with Crippen LogP contribution in [-0.4, -0.2) is 29.9 Å². The van der Waals surface area contributed by atoms with Crippen molar-refractivity contribution in [3.8, 4) is 0 Å². The first kappa shape index (κ1) is 15.0. The van der Waals surface area contributed by atoms with E-state index in [0.717, 1.165) is 49.2 Å². The van der Waals surface area contributed by atoms with Crippen molar-refractivity contribution in [1.82, 2.24) is 4.90 Å². The molecule has 1 unspecified atom stereocenters. The minimum Gasteiger partial charge on any atom is -0.324 e. The summed E-state index contributed by atoms with van der Waals surface area (Å²) in [6.45, 7) is 8.35. The molecule has 1 aromatic carbocycles. The standard InChI is InChI=1S/C17H26N2O/c1-4-11-19-12-6-5-10-15(19)17(20)18-16-13(2)8-7-9-14(16)3/h7-9,15H,4-6,10-12H2,1-3H3,(H,18,20)/i1+1,4+1,11+1. The average molecular weight is 277 g/mol. The Balaban J connectivity index is 2.10. The van der Waals surface area contributed by atoms with Crippen LogP contribution in [0.4, 0.5) is 5.69 Å². The fourth-order valence-corrected chi connectivity index (χ4v) is 3.06. The number of hydrogen-bond acceptors (Lipinski definition) is 2. The van der Waals surface area contributed by atoms with Crippen LogP contribution in [0.5, 0.6) is 0 Å². The van der Waals surface area contributed by atoms with Crippen LogP contribution in [0.2, 0.25) is 0 Å². The van der Waals surface area contributed by atoms with Gasteiger partial charge in [0.05, 0.1) is 6.04 Å². The predicted octanol–water partition coefficient (Wildman–Crippen LogP) is 3.51. The van der Waals surface area contributed by atoms with Crippen molar-refractivity contribution in [3.63, 3.8) is 0 Å². The first-order chi connectivity index (χ1) is 9.63. The molecule has 1 aromatic rings. The van der Waals surface area contributed by atoms with Crippen LogP contribution >= 0.6 is 0 Å². The lowest BCUT2D eigenvalue weighted by molar-refractivity contribution is -0.122. The van der Waals surface area contributed by atoms with Crippen LogP contribution < -0.4 is 5.32 Å². The monoisotopic (exact) mass is 277 g/mol. The molecule has 1 heterocycles. The number of amides is 1. The van der Waals surface area contributed by atoms with E-state index in [1.807, 2.05) is 32.0 Å². The zero-order valence-corrected chi connectivity index (χ0v) is 12.9. The van der Waals surface area contributed by atoms with Gasteiger partial charge in [-0.3, -0.25) is 9.69 Å². The maximum Gasteiger partial charge on any atom is 0.241 e. The van der Waals surface area contributed by atoms with Crippen molar-refractivity contribution in [2.75, 3.05) is 18.4 Å². The summed E-state index contributed by atoms with van der Waals surface area (Å²) >= 11 is 0. The fraction of sp³-hybridized carbons (Fsp3) is 0.588. The Morgan fingerprint density at radius 2 is 2.00 bits per heavy atom. The normalized spacial score (nSPS) is 19.9. The van der Waals surface area contributed by atoms with Crippen LogP contribution in [0.1, 0.15) is 43.7 Å². The van der Waals surface area contributed by atoms with Gasteiger partial charge in [0, 0.05) is 5.69 Å². The molecule has 3 heteroatoms. The number of nitrogens with zero attached hydrogens (tertiary/aromatic N) is 1. The van der Waals surface area contributed by atoms with Gasteiger partial charge >= 0.3 is 0 Å². The van der Waals surface area contributed by atoms with E-state index in [9.17, 15) is 4.79 Å². The fourth-order valence-electron chi connectivity index (χ4n) is 3.06. The summed E-state index contributed by atoms with van der Waals surface area (Å²) in [4.78, 5) is 14.9. The molecule has 0 saturated carbocycles. The van der Waals surface area contributed by atoms with E-state index in [-0.39, 0.29) is 11.9 Å². The largest absolute Gasteiger partial charge is 0.324 e. The van der Waals surface area contributed by atoms with Gasteiger partial charge in [-0.1, -0.05) is 31.5 Å². The third-order valence-electron chi connectivity index (χ3n) is 4.16. The summed E-state index contributed by atoms with van der Waals surface area (Å²) in [6.07, 6.45) is 4.46. The second kappa shape index (κ2) is 6.89. The number of carbonyl (C=O) groups is 1. The zero-order chi connectivity index (χ0) is 14.5. The molecule has 0 radical (unpaired) electrons. The summed E-state index contributed by atoms with van der Waals surface area (Å²) in [5.41, 5.74) is 3.26. The van der Waals surface area contributed by atoms with Gasteiger partial charge in [0.2, 0.25) is 5.91 Å². The van der Waals surface area contributed by atoms with E-state index in [4.69, 9.17) is 0 Å². The summed E-state index contributed by atoms with van der Waals surface area (Å²) in [5.74, 6) is 0.163. The Morgan fingerprint density at radius 3 is 2.65 bits per heavy atom. The van der Waals surface area contributed by atoms with E-state index in [2.05, 4.69) is 17.1 Å². The maximum absolute atomic E-state index is 12.6. The van der Waals surface area contributed by atoms with Crippen LogP contribution in [0.25, 0.3) is 0 Å². The van der Waals surface area contributed by atoms with Crippen molar-refractivity contribution in [3.05, 3.63) is 29.3 Å². The smallest absolute Gasteiger partial charge is 0.241 e. The number of carbonyl (C=O) groups excluding carboxylic acids is 1. The molecule has 1 fully saturated rings. The van der Waals surface area contributed by atoms with Crippen molar-refractivity contribution >= 4 is 11.6 Å². The number of anilines is 1. The molecule has 20 heavy (non-hydrogen) atoms. The molecule has 1 amide bonds. The summed E-state index contributed by atoms with van der Waals surface area (Å²) in [6, 6.07) is 6.17. The number of piperidine rings is 1. The molecule has 3 nitrogen and oxygen atoms in total. The van der Waals surface area contributed by atoms with E-state index in [0.29, 0.717) is 0 Å². The first-order valence-electron chi connectivity index (χ1n) is 7.74. The Labute approximate surface area is 122 Å². The molecule has 110 valence electrons.